The Labute approximate surface area is 179 Å². The highest BCUT2D eigenvalue weighted by Crippen LogP contribution is 2.37. The van der Waals surface area contributed by atoms with Gasteiger partial charge in [-0.3, -0.25) is 19.4 Å². The van der Waals surface area contributed by atoms with E-state index < -0.39 is 0 Å². The normalized spacial score (nSPS) is 12.5. The molecule has 0 aromatic heterocycles. The number of fused-ring (bicyclic) bond motifs is 2. The van der Waals surface area contributed by atoms with Crippen molar-refractivity contribution in [1.29, 1.82) is 0 Å². The van der Waals surface area contributed by atoms with Crippen molar-refractivity contribution >= 4 is 11.6 Å². The molecule has 0 amide bonds. The van der Waals surface area contributed by atoms with Gasteiger partial charge in [-0.2, -0.15) is 0 Å². The molecule has 3 rings (SSSR count). The molecule has 0 unspecified atom stereocenters. The van der Waals surface area contributed by atoms with Crippen molar-refractivity contribution < 1.29 is 14.3 Å². The SMILES string of the molecule is CCN(CC)CC(=O)c1ccc2c(c1)Cc1ccc(C(=O)CN(CC)CC)cc1O2. The molecule has 0 atom stereocenters. The lowest BCUT2D eigenvalue weighted by atomic mass is 9.95. The van der Waals surface area contributed by atoms with Crippen LogP contribution in [-0.2, 0) is 6.42 Å². The maximum atomic E-state index is 12.6. The molecule has 0 spiro atoms. The van der Waals surface area contributed by atoms with Crippen LogP contribution in [0.2, 0.25) is 0 Å². The summed E-state index contributed by atoms with van der Waals surface area (Å²) in [7, 11) is 0. The molecular formula is C25H32N2O3. The molecule has 1 heterocycles. The number of carbonyl (C=O) groups excluding carboxylic acids is 2. The molecule has 0 saturated carbocycles. The largest absolute Gasteiger partial charge is 0.457 e. The zero-order valence-corrected chi connectivity index (χ0v) is 18.5. The van der Waals surface area contributed by atoms with E-state index in [1.54, 1.807) is 0 Å². The van der Waals surface area contributed by atoms with Crippen molar-refractivity contribution in [3.63, 3.8) is 0 Å². The van der Waals surface area contributed by atoms with Gasteiger partial charge in [0.2, 0.25) is 0 Å². The van der Waals surface area contributed by atoms with Crippen LogP contribution in [0.5, 0.6) is 11.5 Å². The average Bonchev–Trinajstić information content (AvgIpc) is 2.78. The highest BCUT2D eigenvalue weighted by Gasteiger charge is 2.21. The first-order valence-corrected chi connectivity index (χ1v) is 10.9. The van der Waals surface area contributed by atoms with Gasteiger partial charge in [-0.1, -0.05) is 39.8 Å². The number of benzene rings is 2. The molecule has 0 saturated heterocycles. The van der Waals surface area contributed by atoms with Gasteiger partial charge in [-0.05, 0) is 56.0 Å². The first-order valence-electron chi connectivity index (χ1n) is 10.9. The van der Waals surface area contributed by atoms with Crippen LogP contribution in [0, 0.1) is 0 Å². The molecule has 2 aromatic rings. The van der Waals surface area contributed by atoms with E-state index in [4.69, 9.17) is 4.74 Å². The van der Waals surface area contributed by atoms with Crippen LogP contribution in [0.25, 0.3) is 0 Å². The summed E-state index contributed by atoms with van der Waals surface area (Å²) in [6, 6.07) is 11.4. The van der Waals surface area contributed by atoms with Crippen molar-refractivity contribution in [3.05, 3.63) is 58.7 Å². The number of likely N-dealkylation sites (N-methyl/N-ethyl adjacent to an activating group) is 2. The number of hydrogen-bond donors (Lipinski definition) is 0. The summed E-state index contributed by atoms with van der Waals surface area (Å²) in [6.07, 6.45) is 0.696. The van der Waals surface area contributed by atoms with Crippen LogP contribution in [-0.4, -0.2) is 60.6 Å². The van der Waals surface area contributed by atoms with E-state index >= 15 is 0 Å². The lowest BCUT2D eigenvalue weighted by Crippen LogP contribution is -2.29. The molecule has 30 heavy (non-hydrogen) atoms. The van der Waals surface area contributed by atoms with Gasteiger partial charge in [0.25, 0.3) is 0 Å². The smallest absolute Gasteiger partial charge is 0.176 e. The maximum absolute atomic E-state index is 12.6. The van der Waals surface area contributed by atoms with Crippen LogP contribution in [0.4, 0.5) is 0 Å². The molecule has 160 valence electrons. The fourth-order valence-electron chi connectivity index (χ4n) is 3.77. The summed E-state index contributed by atoms with van der Waals surface area (Å²) >= 11 is 0. The molecule has 0 radical (unpaired) electrons. The third-order valence-corrected chi connectivity index (χ3v) is 5.90. The van der Waals surface area contributed by atoms with Crippen molar-refractivity contribution in [2.24, 2.45) is 0 Å². The average molecular weight is 409 g/mol. The van der Waals surface area contributed by atoms with Crippen molar-refractivity contribution in [2.75, 3.05) is 39.3 Å². The second-order valence-electron chi connectivity index (χ2n) is 7.69. The quantitative estimate of drug-likeness (QED) is 0.465. The monoisotopic (exact) mass is 408 g/mol. The maximum Gasteiger partial charge on any atom is 0.176 e. The zero-order valence-electron chi connectivity index (χ0n) is 18.5. The molecule has 5 nitrogen and oxygen atoms in total. The van der Waals surface area contributed by atoms with Crippen molar-refractivity contribution in [3.8, 4) is 11.5 Å². The molecule has 5 heteroatoms. The number of rotatable bonds is 10. The van der Waals surface area contributed by atoms with Gasteiger partial charge >= 0.3 is 0 Å². The Hall–Kier alpha value is -2.50. The van der Waals surface area contributed by atoms with E-state index in [1.807, 2.05) is 36.4 Å². The number of ether oxygens (including phenoxy) is 1. The summed E-state index contributed by atoms with van der Waals surface area (Å²) < 4.78 is 6.10. The Morgan fingerprint density at radius 2 is 1.27 bits per heavy atom. The summed E-state index contributed by atoms with van der Waals surface area (Å²) in [5.41, 5.74) is 3.44. The van der Waals surface area contributed by atoms with Gasteiger partial charge in [0.05, 0.1) is 13.1 Å². The van der Waals surface area contributed by atoms with Gasteiger partial charge < -0.3 is 4.74 Å². The fourth-order valence-corrected chi connectivity index (χ4v) is 3.77. The fraction of sp³-hybridized carbons (Fsp3) is 0.440. The third kappa shape index (κ3) is 4.97. The Morgan fingerprint density at radius 3 is 1.83 bits per heavy atom. The van der Waals surface area contributed by atoms with Gasteiger partial charge in [-0.25, -0.2) is 0 Å². The molecular weight excluding hydrogens is 376 g/mol. The predicted octanol–water partition coefficient (Wildman–Crippen LogP) is 4.43. The van der Waals surface area contributed by atoms with E-state index in [-0.39, 0.29) is 11.6 Å². The number of ketones is 2. The molecule has 0 N–H and O–H groups in total. The Kier molecular flexibility index (Phi) is 7.40. The molecule has 2 aromatic carbocycles. The molecule has 0 aliphatic carbocycles. The summed E-state index contributed by atoms with van der Waals surface area (Å²) in [4.78, 5) is 29.5. The van der Waals surface area contributed by atoms with Gasteiger partial charge in [0, 0.05) is 23.1 Å². The molecule has 1 aliphatic heterocycles. The van der Waals surface area contributed by atoms with Gasteiger partial charge in [-0.15, -0.1) is 0 Å². The van der Waals surface area contributed by atoms with Crippen LogP contribution in [0.3, 0.4) is 0 Å². The zero-order chi connectivity index (χ0) is 21.7. The van der Waals surface area contributed by atoms with Crippen LogP contribution < -0.4 is 4.74 Å². The van der Waals surface area contributed by atoms with Crippen LogP contribution in [0.1, 0.15) is 59.5 Å². The first-order chi connectivity index (χ1) is 14.5. The van der Waals surface area contributed by atoms with E-state index in [0.29, 0.717) is 25.1 Å². The van der Waals surface area contributed by atoms with Gasteiger partial charge in [0.1, 0.15) is 11.5 Å². The van der Waals surface area contributed by atoms with Crippen LogP contribution in [0.15, 0.2) is 36.4 Å². The van der Waals surface area contributed by atoms with E-state index in [1.165, 1.54) is 0 Å². The second kappa shape index (κ2) is 10.0. The summed E-state index contributed by atoms with van der Waals surface area (Å²) in [5.74, 6) is 1.73. The number of nitrogens with zero attached hydrogens (tertiary/aromatic N) is 2. The molecule has 0 bridgehead atoms. The highest BCUT2D eigenvalue weighted by atomic mass is 16.5. The minimum atomic E-state index is 0.105. The molecule has 0 fully saturated rings. The van der Waals surface area contributed by atoms with E-state index in [0.717, 1.165) is 54.4 Å². The standard InChI is InChI=1S/C25H32N2O3/c1-5-26(6-2)16-22(28)18-11-12-24-21(13-18)14-20-10-9-19(15-25(20)30-24)23(29)17-27(7-3)8-4/h9-13,15H,5-8,14,16-17H2,1-4H3. The van der Waals surface area contributed by atoms with E-state index in [9.17, 15) is 9.59 Å². The summed E-state index contributed by atoms with van der Waals surface area (Å²) in [5, 5.41) is 0. The predicted molar refractivity (Wildman–Crippen MR) is 120 cm³/mol. The first kappa shape index (κ1) is 22.2. The summed E-state index contributed by atoms with van der Waals surface area (Å²) in [6.45, 7) is 12.5. The second-order valence-corrected chi connectivity index (χ2v) is 7.69. The van der Waals surface area contributed by atoms with Crippen molar-refractivity contribution in [2.45, 2.75) is 34.1 Å². The van der Waals surface area contributed by atoms with E-state index in [2.05, 4.69) is 37.5 Å². The third-order valence-electron chi connectivity index (χ3n) is 5.90. The number of hydrogen-bond acceptors (Lipinski definition) is 5. The minimum absolute atomic E-state index is 0.105. The Balaban J connectivity index is 1.76. The highest BCUT2D eigenvalue weighted by molar-refractivity contribution is 5.99. The minimum Gasteiger partial charge on any atom is -0.457 e. The van der Waals surface area contributed by atoms with Gasteiger partial charge in [0.15, 0.2) is 11.6 Å². The molecule has 1 aliphatic rings. The van der Waals surface area contributed by atoms with Crippen LogP contribution >= 0.6 is 0 Å². The number of Topliss-reactive ketones (excluding diaryl/α,β-unsaturated/α-hetero) is 2. The lowest BCUT2D eigenvalue weighted by molar-refractivity contribution is 0.0929. The lowest BCUT2D eigenvalue weighted by Gasteiger charge is -2.22. The number of carbonyl (C=O) groups is 2. The Morgan fingerprint density at radius 1 is 0.733 bits per heavy atom. The Bertz CT molecular complexity index is 839. The van der Waals surface area contributed by atoms with Crippen molar-refractivity contribution in [1.82, 2.24) is 9.80 Å². The topological polar surface area (TPSA) is 49.9 Å².